The summed E-state index contributed by atoms with van der Waals surface area (Å²) in [6, 6.07) is 63.2. The Hall–Kier alpha value is -6.71. The van der Waals surface area contributed by atoms with Crippen LogP contribution in [0.25, 0.3) is 38.4 Å². The third-order valence-corrected chi connectivity index (χ3v) is 11.2. The lowest BCUT2D eigenvalue weighted by Crippen LogP contribution is -2.32. The fraction of sp³-hybridized carbons (Fsp3) is 0.0408. The molecule has 1 atom stereocenters. The first-order chi connectivity index (χ1) is 25.8. The van der Waals surface area contributed by atoms with Crippen molar-refractivity contribution >= 4 is 33.0 Å². The lowest BCUT2D eigenvalue weighted by atomic mass is 9.66. The molecule has 244 valence electrons. The lowest BCUT2D eigenvalue weighted by molar-refractivity contribution is 0.434. The summed E-state index contributed by atoms with van der Waals surface area (Å²) in [4.78, 5) is 5.39. The SMILES string of the molecule is C1=C(c2ccccc2)NC(c2ccc3c(c2)Oc2ccccc2C32c3ccccc3-c3ccccc32)N=C1c1ccc2c(ccc3ccccc32)c1. The highest BCUT2D eigenvalue weighted by molar-refractivity contribution is 6.16. The van der Waals surface area contributed by atoms with Gasteiger partial charge in [0.2, 0.25) is 0 Å². The van der Waals surface area contributed by atoms with E-state index in [0.29, 0.717) is 0 Å². The Labute approximate surface area is 302 Å². The average molecular weight is 665 g/mol. The number of nitrogens with zero attached hydrogens (tertiary/aromatic N) is 1. The van der Waals surface area contributed by atoms with Gasteiger partial charge in [-0.15, -0.1) is 0 Å². The van der Waals surface area contributed by atoms with Gasteiger partial charge in [0.25, 0.3) is 0 Å². The van der Waals surface area contributed by atoms with Crippen LogP contribution in [0.5, 0.6) is 11.5 Å². The molecule has 0 radical (unpaired) electrons. The van der Waals surface area contributed by atoms with Crippen molar-refractivity contribution in [2.75, 3.05) is 0 Å². The number of hydrogen-bond acceptors (Lipinski definition) is 3. The first-order valence-corrected chi connectivity index (χ1v) is 17.9. The van der Waals surface area contributed by atoms with Gasteiger partial charge in [-0.3, -0.25) is 4.99 Å². The van der Waals surface area contributed by atoms with E-state index in [2.05, 4.69) is 187 Å². The van der Waals surface area contributed by atoms with Gasteiger partial charge in [-0.05, 0) is 79.2 Å². The minimum atomic E-state index is -0.491. The minimum absolute atomic E-state index is 0.326. The molecule has 3 nitrogen and oxygen atoms in total. The van der Waals surface area contributed by atoms with Gasteiger partial charge in [-0.1, -0.05) is 158 Å². The molecule has 0 saturated carbocycles. The van der Waals surface area contributed by atoms with Crippen LogP contribution in [0.1, 0.15) is 45.1 Å². The molecule has 52 heavy (non-hydrogen) atoms. The van der Waals surface area contributed by atoms with Crippen LogP contribution in [0.2, 0.25) is 0 Å². The molecule has 2 heterocycles. The van der Waals surface area contributed by atoms with Gasteiger partial charge in [0, 0.05) is 22.4 Å². The molecule has 0 bridgehead atoms. The van der Waals surface area contributed by atoms with E-state index in [4.69, 9.17) is 9.73 Å². The van der Waals surface area contributed by atoms with Crippen molar-refractivity contribution in [2.45, 2.75) is 11.6 Å². The summed E-state index contributed by atoms with van der Waals surface area (Å²) >= 11 is 0. The number of para-hydroxylation sites is 1. The van der Waals surface area contributed by atoms with Gasteiger partial charge < -0.3 is 10.1 Å². The van der Waals surface area contributed by atoms with Crippen molar-refractivity contribution in [3.05, 3.63) is 221 Å². The molecular weight excluding hydrogens is 633 g/mol. The number of benzene rings is 8. The Bertz CT molecular complexity index is 2770. The van der Waals surface area contributed by atoms with Gasteiger partial charge in [-0.25, -0.2) is 0 Å². The second-order valence-corrected chi connectivity index (χ2v) is 13.9. The summed E-state index contributed by atoms with van der Waals surface area (Å²) in [5.74, 6) is 1.74. The third kappa shape index (κ3) is 4.17. The molecule has 1 spiro atoms. The maximum Gasteiger partial charge on any atom is 0.145 e. The molecule has 1 unspecified atom stereocenters. The van der Waals surface area contributed by atoms with Gasteiger partial charge in [0.1, 0.15) is 17.7 Å². The molecule has 0 amide bonds. The summed E-state index contributed by atoms with van der Waals surface area (Å²) in [7, 11) is 0. The fourth-order valence-corrected chi connectivity index (χ4v) is 8.85. The van der Waals surface area contributed by atoms with Crippen molar-refractivity contribution in [1.29, 1.82) is 0 Å². The zero-order valence-corrected chi connectivity index (χ0v) is 28.3. The Morgan fingerprint density at radius 1 is 0.481 bits per heavy atom. The first kappa shape index (κ1) is 29.1. The monoisotopic (exact) mass is 664 g/mol. The highest BCUT2D eigenvalue weighted by Gasteiger charge is 2.51. The number of nitrogens with one attached hydrogen (secondary N) is 1. The van der Waals surface area contributed by atoms with Crippen LogP contribution in [-0.2, 0) is 5.41 Å². The van der Waals surface area contributed by atoms with Crippen LogP contribution < -0.4 is 10.1 Å². The normalized spacial score (nSPS) is 16.2. The van der Waals surface area contributed by atoms with Crippen LogP contribution in [0.3, 0.4) is 0 Å². The van der Waals surface area contributed by atoms with E-state index < -0.39 is 5.41 Å². The molecule has 1 N–H and O–H groups in total. The summed E-state index contributed by atoms with van der Waals surface area (Å²) in [6.07, 6.45) is 1.85. The Balaban J connectivity index is 1.08. The number of ether oxygens (including phenoxy) is 1. The molecule has 0 aromatic heterocycles. The molecule has 8 aromatic carbocycles. The van der Waals surface area contributed by atoms with E-state index in [9.17, 15) is 0 Å². The molecule has 8 aromatic rings. The van der Waals surface area contributed by atoms with Gasteiger partial charge in [-0.2, -0.15) is 0 Å². The summed E-state index contributed by atoms with van der Waals surface area (Å²) < 4.78 is 6.84. The van der Waals surface area contributed by atoms with Crippen molar-refractivity contribution in [2.24, 2.45) is 4.99 Å². The van der Waals surface area contributed by atoms with Crippen molar-refractivity contribution in [1.82, 2.24) is 5.32 Å². The Morgan fingerprint density at radius 3 is 1.96 bits per heavy atom. The number of allylic oxidation sites excluding steroid dienone is 1. The molecular formula is C49H32N2O. The van der Waals surface area contributed by atoms with E-state index >= 15 is 0 Å². The molecule has 1 aliphatic carbocycles. The van der Waals surface area contributed by atoms with Crippen molar-refractivity contribution in [3.63, 3.8) is 0 Å². The highest BCUT2D eigenvalue weighted by atomic mass is 16.5. The van der Waals surface area contributed by atoms with Gasteiger partial charge >= 0.3 is 0 Å². The lowest BCUT2D eigenvalue weighted by Gasteiger charge is -2.39. The topological polar surface area (TPSA) is 33.6 Å². The summed E-state index contributed by atoms with van der Waals surface area (Å²) in [6.45, 7) is 0. The fourth-order valence-electron chi connectivity index (χ4n) is 8.85. The zero-order chi connectivity index (χ0) is 34.2. The summed E-state index contributed by atoms with van der Waals surface area (Å²) in [5, 5.41) is 8.74. The molecule has 3 heteroatoms. The number of rotatable bonds is 3. The number of hydrogen-bond donors (Lipinski definition) is 1. The standard InChI is InChI=1S/C49H32N2O/c1-2-13-32(14-3-1)44-30-45(34-24-26-37-33(28-34)23-22-31-12-4-5-15-36(31)37)51-48(50-44)35-25-27-43-47(29-35)52-46-21-11-10-20-42(46)49(43)40-18-8-6-16-38(40)39-17-7-9-19-41(39)49/h1-30,48,50H. The first-order valence-electron chi connectivity index (χ1n) is 17.9. The van der Waals surface area contributed by atoms with Crippen LogP contribution in [0.4, 0.5) is 0 Å². The number of fused-ring (bicyclic) bond motifs is 12. The molecule has 0 saturated heterocycles. The summed E-state index contributed by atoms with van der Waals surface area (Å²) in [5.41, 5.74) is 12.2. The molecule has 11 rings (SSSR count). The predicted octanol–water partition coefficient (Wildman–Crippen LogP) is 11.6. The average Bonchev–Trinajstić information content (AvgIpc) is 3.51. The van der Waals surface area contributed by atoms with E-state index in [0.717, 1.165) is 45.2 Å². The van der Waals surface area contributed by atoms with Crippen molar-refractivity contribution in [3.8, 4) is 22.6 Å². The van der Waals surface area contributed by atoms with Crippen LogP contribution in [0, 0.1) is 0 Å². The smallest absolute Gasteiger partial charge is 0.145 e. The second-order valence-electron chi connectivity index (χ2n) is 13.9. The van der Waals surface area contributed by atoms with E-state index in [1.165, 1.54) is 49.4 Å². The van der Waals surface area contributed by atoms with Gasteiger partial charge in [0.05, 0.1) is 11.1 Å². The second kappa shape index (κ2) is 11.1. The Morgan fingerprint density at radius 2 is 1.13 bits per heavy atom. The maximum absolute atomic E-state index is 6.84. The maximum atomic E-state index is 6.84. The van der Waals surface area contributed by atoms with Crippen molar-refractivity contribution < 1.29 is 4.74 Å². The van der Waals surface area contributed by atoms with Crippen LogP contribution >= 0.6 is 0 Å². The Kier molecular flexibility index (Phi) is 6.23. The predicted molar refractivity (Wildman–Crippen MR) is 212 cm³/mol. The quantitative estimate of drug-likeness (QED) is 0.191. The molecule has 2 aliphatic heterocycles. The third-order valence-electron chi connectivity index (χ3n) is 11.2. The van der Waals surface area contributed by atoms with E-state index in [1.54, 1.807) is 0 Å². The van der Waals surface area contributed by atoms with Crippen LogP contribution in [0.15, 0.2) is 187 Å². The highest BCUT2D eigenvalue weighted by Crippen LogP contribution is 2.62. The largest absolute Gasteiger partial charge is 0.457 e. The van der Waals surface area contributed by atoms with E-state index in [-0.39, 0.29) is 6.17 Å². The number of aliphatic imine (C=N–C) groups is 1. The molecule has 3 aliphatic rings. The van der Waals surface area contributed by atoms with Gasteiger partial charge in [0.15, 0.2) is 0 Å². The van der Waals surface area contributed by atoms with Crippen LogP contribution in [-0.4, -0.2) is 5.71 Å². The molecule has 0 fully saturated rings. The van der Waals surface area contributed by atoms with E-state index in [1.807, 2.05) is 0 Å². The minimum Gasteiger partial charge on any atom is -0.457 e. The zero-order valence-electron chi connectivity index (χ0n) is 28.3.